The molecule has 118 valence electrons. The highest BCUT2D eigenvalue weighted by Crippen LogP contribution is 2.30. The Kier molecular flexibility index (Phi) is 4.90. The van der Waals surface area contributed by atoms with Crippen LogP contribution in [0.4, 0.5) is 13.2 Å². The fraction of sp³-hybridized carbons (Fsp3) is 0.538. The van der Waals surface area contributed by atoms with Crippen molar-refractivity contribution in [1.29, 1.82) is 0 Å². The van der Waals surface area contributed by atoms with E-state index in [2.05, 4.69) is 10.0 Å². The average molecular weight is 322 g/mol. The molecular weight excluding hydrogens is 305 g/mol. The van der Waals surface area contributed by atoms with Gasteiger partial charge in [-0.15, -0.1) is 0 Å². The molecule has 1 aliphatic rings. The average Bonchev–Trinajstić information content (AvgIpc) is 2.46. The number of alkyl halides is 3. The molecule has 0 spiro atoms. The highest BCUT2D eigenvalue weighted by molar-refractivity contribution is 7.89. The second-order valence-corrected chi connectivity index (χ2v) is 6.79. The van der Waals surface area contributed by atoms with Crippen LogP contribution in [0.25, 0.3) is 0 Å². The van der Waals surface area contributed by atoms with Gasteiger partial charge in [-0.2, -0.15) is 13.2 Å². The Bertz CT molecular complexity index is 581. The Morgan fingerprint density at radius 3 is 2.67 bits per heavy atom. The molecule has 2 N–H and O–H groups in total. The van der Waals surface area contributed by atoms with Crippen molar-refractivity contribution in [2.24, 2.45) is 0 Å². The van der Waals surface area contributed by atoms with Crippen LogP contribution in [0.1, 0.15) is 24.8 Å². The first-order chi connectivity index (χ1) is 9.79. The Hall–Kier alpha value is -1.12. The van der Waals surface area contributed by atoms with Crippen LogP contribution in [-0.2, 0) is 16.2 Å². The summed E-state index contributed by atoms with van der Waals surface area (Å²) in [7, 11) is -3.93. The summed E-state index contributed by atoms with van der Waals surface area (Å²) in [6.07, 6.45) is -1.64. The number of nitrogens with one attached hydrogen (secondary N) is 2. The lowest BCUT2D eigenvalue weighted by atomic mass is 10.1. The van der Waals surface area contributed by atoms with E-state index in [1.807, 2.05) is 0 Å². The van der Waals surface area contributed by atoms with Gasteiger partial charge in [0.25, 0.3) is 0 Å². The Labute approximate surface area is 121 Å². The van der Waals surface area contributed by atoms with E-state index < -0.39 is 21.8 Å². The van der Waals surface area contributed by atoms with Crippen molar-refractivity contribution in [3.63, 3.8) is 0 Å². The topological polar surface area (TPSA) is 58.2 Å². The Morgan fingerprint density at radius 1 is 1.29 bits per heavy atom. The van der Waals surface area contributed by atoms with Gasteiger partial charge in [-0.05, 0) is 37.6 Å². The molecule has 1 heterocycles. The molecule has 0 aromatic heterocycles. The van der Waals surface area contributed by atoms with Crippen molar-refractivity contribution in [2.45, 2.75) is 36.4 Å². The van der Waals surface area contributed by atoms with Gasteiger partial charge in [0.15, 0.2) is 0 Å². The summed E-state index contributed by atoms with van der Waals surface area (Å²) in [5.41, 5.74) is -0.971. The van der Waals surface area contributed by atoms with Crippen LogP contribution in [0.15, 0.2) is 29.2 Å². The van der Waals surface area contributed by atoms with E-state index in [9.17, 15) is 21.6 Å². The molecule has 1 saturated heterocycles. The van der Waals surface area contributed by atoms with E-state index in [-0.39, 0.29) is 17.5 Å². The quantitative estimate of drug-likeness (QED) is 0.893. The van der Waals surface area contributed by atoms with Gasteiger partial charge in [0.05, 0.1) is 10.5 Å². The van der Waals surface area contributed by atoms with Crippen molar-refractivity contribution in [2.75, 3.05) is 13.1 Å². The molecule has 0 saturated carbocycles. The smallest absolute Gasteiger partial charge is 0.313 e. The predicted octanol–water partition coefficient (Wildman–Crippen LogP) is 2.13. The highest BCUT2D eigenvalue weighted by Gasteiger charge is 2.31. The summed E-state index contributed by atoms with van der Waals surface area (Å²) in [6.45, 7) is 1.01. The molecule has 0 bridgehead atoms. The van der Waals surface area contributed by atoms with Gasteiger partial charge in [-0.1, -0.05) is 12.5 Å². The number of benzene rings is 1. The maximum atomic E-state index is 12.6. The first-order valence-electron chi connectivity index (χ1n) is 6.69. The standard InChI is InChI=1S/C13H17F3N2O2S/c14-13(15,16)10-4-3-6-12(8-10)21(19,20)18-9-11-5-1-2-7-17-11/h3-4,6,8,11,17-18H,1-2,5,7,9H2. The molecule has 0 aliphatic carbocycles. The number of piperidine rings is 1. The summed E-state index contributed by atoms with van der Waals surface area (Å²) in [5.74, 6) is 0. The third-order valence-electron chi connectivity index (χ3n) is 3.40. The minimum Gasteiger partial charge on any atom is -0.313 e. The summed E-state index contributed by atoms with van der Waals surface area (Å²) >= 11 is 0. The van der Waals surface area contributed by atoms with Crippen molar-refractivity contribution < 1.29 is 21.6 Å². The summed E-state index contributed by atoms with van der Waals surface area (Å²) in [6, 6.07) is 3.78. The van der Waals surface area contributed by atoms with E-state index in [1.54, 1.807) is 0 Å². The van der Waals surface area contributed by atoms with Crippen molar-refractivity contribution in [1.82, 2.24) is 10.0 Å². The third-order valence-corrected chi connectivity index (χ3v) is 4.83. The number of sulfonamides is 1. The van der Waals surface area contributed by atoms with Crippen LogP contribution in [0.3, 0.4) is 0 Å². The second-order valence-electron chi connectivity index (χ2n) is 5.02. The normalized spacial score (nSPS) is 20.4. The zero-order valence-corrected chi connectivity index (χ0v) is 12.1. The fourth-order valence-corrected chi connectivity index (χ4v) is 3.36. The first-order valence-corrected chi connectivity index (χ1v) is 8.18. The lowest BCUT2D eigenvalue weighted by molar-refractivity contribution is -0.137. The van der Waals surface area contributed by atoms with Crippen molar-refractivity contribution >= 4 is 10.0 Å². The number of hydrogen-bond donors (Lipinski definition) is 2. The first kappa shape index (κ1) is 16.3. The van der Waals surface area contributed by atoms with Gasteiger partial charge in [0.1, 0.15) is 0 Å². The van der Waals surface area contributed by atoms with Crippen LogP contribution < -0.4 is 10.0 Å². The van der Waals surface area contributed by atoms with Crippen LogP contribution in [0, 0.1) is 0 Å². The SMILES string of the molecule is O=S(=O)(NCC1CCCCN1)c1cccc(C(F)(F)F)c1. The lowest BCUT2D eigenvalue weighted by Gasteiger charge is -2.23. The van der Waals surface area contributed by atoms with E-state index in [1.165, 1.54) is 0 Å². The number of hydrogen-bond acceptors (Lipinski definition) is 3. The second kappa shape index (κ2) is 6.33. The zero-order chi connectivity index (χ0) is 15.5. The van der Waals surface area contributed by atoms with Gasteiger partial charge in [0.2, 0.25) is 10.0 Å². The van der Waals surface area contributed by atoms with Gasteiger partial charge in [0, 0.05) is 12.6 Å². The molecule has 0 radical (unpaired) electrons. The molecule has 1 atom stereocenters. The summed E-state index contributed by atoms with van der Waals surface area (Å²) in [5, 5.41) is 3.17. The largest absolute Gasteiger partial charge is 0.416 e. The maximum Gasteiger partial charge on any atom is 0.416 e. The van der Waals surface area contributed by atoms with Crippen molar-refractivity contribution in [3.05, 3.63) is 29.8 Å². The van der Waals surface area contributed by atoms with E-state index >= 15 is 0 Å². The summed E-state index contributed by atoms with van der Waals surface area (Å²) < 4.78 is 64.3. The molecule has 1 fully saturated rings. The number of halogens is 3. The lowest BCUT2D eigenvalue weighted by Crippen LogP contribution is -2.43. The molecule has 4 nitrogen and oxygen atoms in total. The minimum absolute atomic E-state index is 0.0272. The van der Waals surface area contributed by atoms with Gasteiger partial charge >= 0.3 is 6.18 Å². The van der Waals surface area contributed by atoms with Crippen LogP contribution in [0.2, 0.25) is 0 Å². The van der Waals surface area contributed by atoms with Gasteiger partial charge in [-0.3, -0.25) is 0 Å². The monoisotopic (exact) mass is 322 g/mol. The van der Waals surface area contributed by atoms with E-state index in [4.69, 9.17) is 0 Å². The van der Waals surface area contributed by atoms with E-state index in [0.717, 1.165) is 44.0 Å². The Balaban J connectivity index is 2.08. The minimum atomic E-state index is -4.56. The molecule has 0 amide bonds. The molecular formula is C13H17F3N2O2S. The fourth-order valence-electron chi connectivity index (χ4n) is 2.23. The van der Waals surface area contributed by atoms with Crippen LogP contribution in [0.5, 0.6) is 0 Å². The van der Waals surface area contributed by atoms with Crippen molar-refractivity contribution in [3.8, 4) is 0 Å². The molecule has 1 aromatic rings. The van der Waals surface area contributed by atoms with Gasteiger partial charge < -0.3 is 5.32 Å². The summed E-state index contributed by atoms with van der Waals surface area (Å²) in [4.78, 5) is -0.367. The third kappa shape index (κ3) is 4.42. The van der Waals surface area contributed by atoms with Crippen LogP contribution in [-0.4, -0.2) is 27.5 Å². The van der Waals surface area contributed by atoms with Gasteiger partial charge in [-0.25, -0.2) is 13.1 Å². The Morgan fingerprint density at radius 2 is 2.05 bits per heavy atom. The zero-order valence-electron chi connectivity index (χ0n) is 11.3. The molecule has 1 aromatic carbocycles. The van der Waals surface area contributed by atoms with Crippen LogP contribution >= 0.6 is 0 Å². The molecule has 1 unspecified atom stereocenters. The molecule has 1 aliphatic heterocycles. The number of rotatable bonds is 4. The maximum absolute atomic E-state index is 12.6. The van der Waals surface area contributed by atoms with E-state index in [0.29, 0.717) is 6.07 Å². The molecule has 21 heavy (non-hydrogen) atoms. The molecule has 2 rings (SSSR count). The molecule has 8 heteroatoms. The highest BCUT2D eigenvalue weighted by atomic mass is 32.2. The predicted molar refractivity (Wildman–Crippen MR) is 72.3 cm³/mol.